The van der Waals surface area contributed by atoms with Crippen molar-refractivity contribution >= 4 is 17.2 Å². The van der Waals surface area contributed by atoms with E-state index in [9.17, 15) is 4.79 Å². The monoisotopic (exact) mass is 213 g/mol. The highest BCUT2D eigenvalue weighted by molar-refractivity contribution is 7.13. The smallest absolute Gasteiger partial charge is 0.263 e. The van der Waals surface area contributed by atoms with Gasteiger partial charge >= 0.3 is 0 Å². The van der Waals surface area contributed by atoms with Crippen LogP contribution in [0.15, 0.2) is 6.20 Å². The van der Waals surface area contributed by atoms with Gasteiger partial charge in [0, 0.05) is 13.1 Å². The highest BCUT2D eigenvalue weighted by Crippen LogP contribution is 2.10. The number of amides is 1. The molecule has 0 bridgehead atoms. The molecule has 0 saturated heterocycles. The summed E-state index contributed by atoms with van der Waals surface area (Å²) in [5.41, 5.74) is 0. The van der Waals surface area contributed by atoms with Gasteiger partial charge in [-0.15, -0.1) is 11.3 Å². The molecule has 0 aliphatic heterocycles. The molecule has 2 N–H and O–H groups in total. The summed E-state index contributed by atoms with van der Waals surface area (Å²) in [6.07, 6.45) is 1.61. The molecule has 5 heteroatoms. The summed E-state index contributed by atoms with van der Waals surface area (Å²) in [6, 6.07) is 0. The molecule has 1 amide bonds. The van der Waals surface area contributed by atoms with Gasteiger partial charge in [0.15, 0.2) is 0 Å². The molecule has 0 saturated carbocycles. The van der Waals surface area contributed by atoms with Crippen LogP contribution in [0.4, 0.5) is 0 Å². The van der Waals surface area contributed by atoms with Crippen LogP contribution in [0.1, 0.15) is 21.6 Å². The molecule has 14 heavy (non-hydrogen) atoms. The maximum absolute atomic E-state index is 11.5. The first-order valence-corrected chi connectivity index (χ1v) is 5.47. The maximum atomic E-state index is 11.5. The third-order valence-corrected chi connectivity index (χ3v) is 2.59. The van der Waals surface area contributed by atoms with Crippen LogP contribution in [0.25, 0.3) is 0 Å². The van der Waals surface area contributed by atoms with Crippen molar-refractivity contribution in [3.8, 4) is 0 Å². The molecule has 0 fully saturated rings. The van der Waals surface area contributed by atoms with Crippen LogP contribution in [0.3, 0.4) is 0 Å². The number of thiazole rings is 1. The zero-order valence-corrected chi connectivity index (χ0v) is 9.28. The largest absolute Gasteiger partial charge is 0.350 e. The molecular weight excluding hydrogens is 198 g/mol. The zero-order chi connectivity index (χ0) is 10.4. The molecule has 0 spiro atoms. The second kappa shape index (κ2) is 5.72. The average Bonchev–Trinajstić information content (AvgIpc) is 2.59. The summed E-state index contributed by atoms with van der Waals surface area (Å²) in [5.74, 6) is -0.0338. The van der Waals surface area contributed by atoms with Crippen molar-refractivity contribution in [3.05, 3.63) is 16.1 Å². The third kappa shape index (κ3) is 3.43. The molecular formula is C9H15N3OS. The van der Waals surface area contributed by atoms with E-state index < -0.39 is 0 Å². The van der Waals surface area contributed by atoms with E-state index in [4.69, 9.17) is 0 Å². The Balaban J connectivity index is 2.29. The van der Waals surface area contributed by atoms with Crippen LogP contribution in [0.2, 0.25) is 0 Å². The Hall–Kier alpha value is -0.940. The first-order chi connectivity index (χ1) is 6.74. The lowest BCUT2D eigenvalue weighted by molar-refractivity contribution is 0.0958. The Kier molecular flexibility index (Phi) is 4.55. The number of carbonyl (C=O) groups excluding carboxylic acids is 1. The number of hydrogen-bond acceptors (Lipinski definition) is 4. The third-order valence-electron chi connectivity index (χ3n) is 1.68. The van der Waals surface area contributed by atoms with E-state index in [1.54, 1.807) is 6.20 Å². The van der Waals surface area contributed by atoms with Crippen molar-refractivity contribution in [1.82, 2.24) is 15.6 Å². The summed E-state index contributed by atoms with van der Waals surface area (Å²) in [5, 5.41) is 6.87. The van der Waals surface area contributed by atoms with Crippen molar-refractivity contribution in [2.75, 3.05) is 19.6 Å². The summed E-state index contributed by atoms with van der Waals surface area (Å²) >= 11 is 1.42. The minimum atomic E-state index is -0.0338. The molecule has 78 valence electrons. The highest BCUT2D eigenvalue weighted by Gasteiger charge is 2.07. The van der Waals surface area contributed by atoms with Crippen LogP contribution in [-0.4, -0.2) is 30.5 Å². The number of likely N-dealkylation sites (N-methyl/N-ethyl adjacent to an activating group) is 1. The van der Waals surface area contributed by atoms with Gasteiger partial charge in [0.05, 0.1) is 11.2 Å². The molecule has 4 nitrogen and oxygen atoms in total. The molecule has 0 aliphatic carbocycles. The van der Waals surface area contributed by atoms with Crippen molar-refractivity contribution in [2.45, 2.75) is 13.8 Å². The summed E-state index contributed by atoms with van der Waals surface area (Å²) in [6.45, 7) is 6.31. The fraction of sp³-hybridized carbons (Fsp3) is 0.556. The lowest BCUT2D eigenvalue weighted by atomic mass is 10.5. The van der Waals surface area contributed by atoms with Crippen molar-refractivity contribution in [3.63, 3.8) is 0 Å². The Morgan fingerprint density at radius 3 is 2.93 bits per heavy atom. The summed E-state index contributed by atoms with van der Waals surface area (Å²) < 4.78 is 0. The second-order valence-electron chi connectivity index (χ2n) is 2.85. The number of aromatic nitrogens is 1. The zero-order valence-electron chi connectivity index (χ0n) is 8.46. The maximum Gasteiger partial charge on any atom is 0.263 e. The van der Waals surface area contributed by atoms with Gasteiger partial charge in [-0.2, -0.15) is 0 Å². The van der Waals surface area contributed by atoms with Gasteiger partial charge in [-0.25, -0.2) is 4.98 Å². The highest BCUT2D eigenvalue weighted by atomic mass is 32.1. The SMILES string of the molecule is CCNCCNC(=O)c1cnc(C)s1. The van der Waals surface area contributed by atoms with E-state index in [0.717, 1.165) is 18.1 Å². The number of aryl methyl sites for hydroxylation is 1. The fourth-order valence-corrected chi connectivity index (χ4v) is 1.69. The molecule has 0 aromatic carbocycles. The van der Waals surface area contributed by atoms with Crippen LogP contribution in [0.5, 0.6) is 0 Å². The lowest BCUT2D eigenvalue weighted by Crippen LogP contribution is -2.31. The Morgan fingerprint density at radius 1 is 1.57 bits per heavy atom. The molecule has 0 aliphatic rings. The summed E-state index contributed by atoms with van der Waals surface area (Å²) in [7, 11) is 0. The number of rotatable bonds is 5. The Morgan fingerprint density at radius 2 is 2.36 bits per heavy atom. The number of nitrogens with zero attached hydrogens (tertiary/aromatic N) is 1. The fourth-order valence-electron chi connectivity index (χ4n) is 0.995. The molecule has 1 rings (SSSR count). The minimum Gasteiger partial charge on any atom is -0.350 e. The molecule has 1 aromatic heterocycles. The standard InChI is InChI=1S/C9H15N3OS/c1-3-10-4-5-11-9(13)8-6-12-7(2)14-8/h6,10H,3-5H2,1-2H3,(H,11,13). The normalized spacial score (nSPS) is 10.1. The topological polar surface area (TPSA) is 54.0 Å². The van der Waals surface area contributed by atoms with Crippen LogP contribution in [-0.2, 0) is 0 Å². The predicted octanol–water partition coefficient (Wildman–Crippen LogP) is 0.791. The molecule has 1 aromatic rings. The first-order valence-electron chi connectivity index (χ1n) is 4.65. The predicted molar refractivity (Wildman–Crippen MR) is 57.7 cm³/mol. The average molecular weight is 213 g/mol. The van der Waals surface area contributed by atoms with Gasteiger partial charge in [-0.1, -0.05) is 6.92 Å². The van der Waals surface area contributed by atoms with Gasteiger partial charge in [-0.3, -0.25) is 4.79 Å². The van der Waals surface area contributed by atoms with Crippen molar-refractivity contribution < 1.29 is 4.79 Å². The van der Waals surface area contributed by atoms with Gasteiger partial charge in [0.1, 0.15) is 4.88 Å². The Bertz CT molecular complexity index is 298. The quantitative estimate of drug-likeness (QED) is 0.711. The first kappa shape index (κ1) is 11.1. The molecule has 1 heterocycles. The lowest BCUT2D eigenvalue weighted by Gasteiger charge is -2.02. The van der Waals surface area contributed by atoms with Crippen LogP contribution in [0, 0.1) is 6.92 Å². The second-order valence-corrected chi connectivity index (χ2v) is 4.09. The van der Waals surface area contributed by atoms with Gasteiger partial charge in [0.25, 0.3) is 5.91 Å². The molecule has 0 radical (unpaired) electrons. The van der Waals surface area contributed by atoms with Crippen LogP contribution >= 0.6 is 11.3 Å². The Labute approximate surface area is 87.7 Å². The molecule has 0 atom stereocenters. The number of hydrogen-bond donors (Lipinski definition) is 2. The number of nitrogens with one attached hydrogen (secondary N) is 2. The van der Waals surface area contributed by atoms with E-state index in [1.165, 1.54) is 11.3 Å². The minimum absolute atomic E-state index is 0.0338. The van der Waals surface area contributed by atoms with E-state index in [-0.39, 0.29) is 5.91 Å². The van der Waals surface area contributed by atoms with E-state index in [1.807, 2.05) is 13.8 Å². The van der Waals surface area contributed by atoms with Crippen molar-refractivity contribution in [2.24, 2.45) is 0 Å². The van der Waals surface area contributed by atoms with Crippen LogP contribution < -0.4 is 10.6 Å². The summed E-state index contributed by atoms with van der Waals surface area (Å²) in [4.78, 5) is 16.2. The van der Waals surface area contributed by atoms with E-state index in [0.29, 0.717) is 11.4 Å². The van der Waals surface area contributed by atoms with Gasteiger partial charge < -0.3 is 10.6 Å². The van der Waals surface area contributed by atoms with Crippen molar-refractivity contribution in [1.29, 1.82) is 0 Å². The van der Waals surface area contributed by atoms with Gasteiger partial charge in [0.2, 0.25) is 0 Å². The van der Waals surface area contributed by atoms with Gasteiger partial charge in [-0.05, 0) is 13.5 Å². The van der Waals surface area contributed by atoms with E-state index >= 15 is 0 Å². The molecule has 0 unspecified atom stereocenters. The number of carbonyl (C=O) groups is 1. The van der Waals surface area contributed by atoms with E-state index in [2.05, 4.69) is 15.6 Å².